The largest absolute Gasteiger partial charge is 0.504 e. The summed E-state index contributed by atoms with van der Waals surface area (Å²) in [6, 6.07) is 6.15. The van der Waals surface area contributed by atoms with Crippen LogP contribution in [0.4, 0.5) is 0 Å². The standard InChI is InChI=1S/C6H6O2.B/c7-5-3-1-2-4-6(5)8;/h1-4,7-8H;. The number of rotatable bonds is 0. The summed E-state index contributed by atoms with van der Waals surface area (Å²) in [4.78, 5) is 0. The monoisotopic (exact) mass is 121 g/mol. The number of aromatic hydroxyl groups is 2. The summed E-state index contributed by atoms with van der Waals surface area (Å²) >= 11 is 0. The van der Waals surface area contributed by atoms with E-state index in [-0.39, 0.29) is 19.9 Å². The molecule has 0 aromatic heterocycles. The van der Waals surface area contributed by atoms with Gasteiger partial charge in [-0.3, -0.25) is 0 Å². The summed E-state index contributed by atoms with van der Waals surface area (Å²) in [6.45, 7) is 0. The highest BCUT2D eigenvalue weighted by Gasteiger charge is 1.90. The van der Waals surface area contributed by atoms with Crippen LogP contribution in [0.2, 0.25) is 0 Å². The van der Waals surface area contributed by atoms with Crippen LogP contribution in [0.5, 0.6) is 11.5 Å². The van der Waals surface area contributed by atoms with E-state index in [2.05, 4.69) is 0 Å². The molecule has 0 amide bonds. The lowest BCUT2D eigenvalue weighted by Gasteiger charge is -1.91. The predicted molar refractivity (Wildman–Crippen MR) is 35.5 cm³/mol. The second kappa shape index (κ2) is 3.02. The van der Waals surface area contributed by atoms with Gasteiger partial charge in [-0.05, 0) is 12.1 Å². The number of para-hydroxylation sites is 2. The van der Waals surface area contributed by atoms with Crippen LogP contribution in [0.25, 0.3) is 0 Å². The SMILES string of the molecule is Oc1ccccc1O.[B]. The first-order valence-corrected chi connectivity index (χ1v) is 2.27. The average molecular weight is 121 g/mol. The van der Waals surface area contributed by atoms with Gasteiger partial charge >= 0.3 is 0 Å². The Bertz CT molecular complexity index is 167. The zero-order chi connectivity index (χ0) is 5.98. The molecular formula is C6H6BO2. The topological polar surface area (TPSA) is 40.5 Å². The molecule has 0 aliphatic rings. The molecule has 0 saturated carbocycles. The van der Waals surface area contributed by atoms with Crippen molar-refractivity contribution in [2.45, 2.75) is 0 Å². The van der Waals surface area contributed by atoms with Gasteiger partial charge in [0.25, 0.3) is 0 Å². The van der Waals surface area contributed by atoms with Crippen LogP contribution in [-0.4, -0.2) is 18.6 Å². The van der Waals surface area contributed by atoms with Gasteiger partial charge in [-0.25, -0.2) is 0 Å². The Morgan fingerprint density at radius 1 is 0.889 bits per heavy atom. The molecule has 0 heterocycles. The summed E-state index contributed by atoms with van der Waals surface area (Å²) < 4.78 is 0. The number of phenols is 2. The minimum Gasteiger partial charge on any atom is -0.504 e. The highest BCUT2D eigenvalue weighted by atomic mass is 16.3. The quantitative estimate of drug-likeness (QED) is 0.392. The normalized spacial score (nSPS) is 8.00. The number of phenolic OH excluding ortho intramolecular Hbond substituents is 2. The van der Waals surface area contributed by atoms with Crippen molar-refractivity contribution in [3.05, 3.63) is 24.3 Å². The minimum atomic E-state index is -0.0764. The molecule has 0 saturated heterocycles. The Balaban J connectivity index is 0.000000640. The van der Waals surface area contributed by atoms with Crippen LogP contribution < -0.4 is 0 Å². The molecular weight excluding hydrogens is 115 g/mol. The first-order valence-electron chi connectivity index (χ1n) is 2.27. The third-order valence-corrected chi connectivity index (χ3v) is 0.882. The Hall–Kier alpha value is -1.12. The Kier molecular flexibility index (Phi) is 2.65. The number of hydrogen-bond donors (Lipinski definition) is 2. The van der Waals surface area contributed by atoms with Gasteiger partial charge in [0.2, 0.25) is 0 Å². The van der Waals surface area contributed by atoms with Gasteiger partial charge in [0.1, 0.15) is 0 Å². The maximum absolute atomic E-state index is 8.67. The van der Waals surface area contributed by atoms with Crippen LogP contribution in [0.3, 0.4) is 0 Å². The molecule has 9 heavy (non-hydrogen) atoms. The molecule has 0 bridgehead atoms. The molecule has 0 aliphatic heterocycles. The molecule has 0 fully saturated rings. The average Bonchev–Trinajstić information content (AvgIpc) is 1.77. The smallest absolute Gasteiger partial charge is 0.157 e. The highest BCUT2D eigenvalue weighted by molar-refractivity contribution is 5.75. The fourth-order valence-electron chi connectivity index (χ4n) is 0.464. The van der Waals surface area contributed by atoms with E-state index in [0.717, 1.165) is 0 Å². The summed E-state index contributed by atoms with van der Waals surface area (Å²) in [5, 5.41) is 17.3. The maximum atomic E-state index is 8.67. The van der Waals surface area contributed by atoms with Crippen molar-refractivity contribution < 1.29 is 10.2 Å². The molecule has 2 nitrogen and oxygen atoms in total. The van der Waals surface area contributed by atoms with Crippen molar-refractivity contribution in [1.29, 1.82) is 0 Å². The maximum Gasteiger partial charge on any atom is 0.157 e. The summed E-state index contributed by atoms with van der Waals surface area (Å²) in [7, 11) is 0. The molecule has 0 unspecified atom stereocenters. The molecule has 45 valence electrons. The number of benzene rings is 1. The molecule has 2 N–H and O–H groups in total. The molecule has 1 aromatic rings. The zero-order valence-corrected chi connectivity index (χ0v) is 4.78. The van der Waals surface area contributed by atoms with Gasteiger partial charge in [-0.2, -0.15) is 0 Å². The van der Waals surface area contributed by atoms with E-state index in [4.69, 9.17) is 10.2 Å². The predicted octanol–water partition coefficient (Wildman–Crippen LogP) is 0.717. The highest BCUT2D eigenvalue weighted by Crippen LogP contribution is 2.21. The molecule has 1 aromatic carbocycles. The van der Waals surface area contributed by atoms with Crippen molar-refractivity contribution in [1.82, 2.24) is 0 Å². The van der Waals surface area contributed by atoms with Gasteiger partial charge in [0.15, 0.2) is 11.5 Å². The number of hydrogen-bond acceptors (Lipinski definition) is 2. The fraction of sp³-hybridized carbons (Fsp3) is 0. The van der Waals surface area contributed by atoms with E-state index in [1.165, 1.54) is 12.1 Å². The summed E-state index contributed by atoms with van der Waals surface area (Å²) in [6.07, 6.45) is 0. The summed E-state index contributed by atoms with van der Waals surface area (Å²) in [5.74, 6) is -0.153. The first kappa shape index (κ1) is 7.88. The second-order valence-corrected chi connectivity index (χ2v) is 1.49. The fourth-order valence-corrected chi connectivity index (χ4v) is 0.464. The molecule has 0 aliphatic carbocycles. The third kappa shape index (κ3) is 1.68. The molecule has 0 spiro atoms. The van der Waals surface area contributed by atoms with Gasteiger partial charge in [-0.15, -0.1) is 0 Å². The van der Waals surface area contributed by atoms with Crippen molar-refractivity contribution in [3.63, 3.8) is 0 Å². The van der Waals surface area contributed by atoms with Crippen molar-refractivity contribution >= 4 is 8.41 Å². The van der Waals surface area contributed by atoms with E-state index in [1.54, 1.807) is 12.1 Å². The van der Waals surface area contributed by atoms with Crippen molar-refractivity contribution in [2.24, 2.45) is 0 Å². The Morgan fingerprint density at radius 2 is 1.22 bits per heavy atom. The van der Waals surface area contributed by atoms with E-state index in [9.17, 15) is 0 Å². The van der Waals surface area contributed by atoms with Crippen molar-refractivity contribution in [3.8, 4) is 11.5 Å². The molecule has 1 rings (SSSR count). The van der Waals surface area contributed by atoms with E-state index >= 15 is 0 Å². The van der Waals surface area contributed by atoms with E-state index < -0.39 is 0 Å². The van der Waals surface area contributed by atoms with Crippen LogP contribution in [-0.2, 0) is 0 Å². The first-order chi connectivity index (χ1) is 3.80. The second-order valence-electron chi connectivity index (χ2n) is 1.49. The lowest BCUT2D eigenvalue weighted by Crippen LogP contribution is -1.63. The molecule has 0 atom stereocenters. The van der Waals surface area contributed by atoms with E-state index in [0.29, 0.717) is 0 Å². The van der Waals surface area contributed by atoms with Gasteiger partial charge in [-0.1, -0.05) is 12.1 Å². The van der Waals surface area contributed by atoms with Gasteiger partial charge in [0, 0.05) is 8.41 Å². The Labute approximate surface area is 55.3 Å². The lowest BCUT2D eigenvalue weighted by molar-refractivity contribution is 0.404. The van der Waals surface area contributed by atoms with E-state index in [1.807, 2.05) is 0 Å². The third-order valence-electron chi connectivity index (χ3n) is 0.882. The zero-order valence-electron chi connectivity index (χ0n) is 4.78. The van der Waals surface area contributed by atoms with Crippen LogP contribution >= 0.6 is 0 Å². The molecule has 3 heteroatoms. The van der Waals surface area contributed by atoms with Gasteiger partial charge in [0.05, 0.1) is 0 Å². The van der Waals surface area contributed by atoms with Crippen LogP contribution in [0, 0.1) is 0 Å². The summed E-state index contributed by atoms with van der Waals surface area (Å²) in [5.41, 5.74) is 0. The Morgan fingerprint density at radius 3 is 1.44 bits per heavy atom. The molecule has 3 radical (unpaired) electrons. The van der Waals surface area contributed by atoms with Crippen molar-refractivity contribution in [2.75, 3.05) is 0 Å². The van der Waals surface area contributed by atoms with Gasteiger partial charge < -0.3 is 10.2 Å². The van der Waals surface area contributed by atoms with Crippen LogP contribution in [0.1, 0.15) is 0 Å². The minimum absolute atomic E-state index is 0. The lowest BCUT2D eigenvalue weighted by atomic mass is 10.3. The van der Waals surface area contributed by atoms with Crippen LogP contribution in [0.15, 0.2) is 24.3 Å².